The molecule has 1 saturated heterocycles. The second-order valence-corrected chi connectivity index (χ2v) is 9.64. The summed E-state index contributed by atoms with van der Waals surface area (Å²) in [4.78, 5) is 2.60. The van der Waals surface area contributed by atoms with Crippen molar-refractivity contribution in [2.75, 3.05) is 31.6 Å². The van der Waals surface area contributed by atoms with Crippen LogP contribution >= 0.6 is 0 Å². The van der Waals surface area contributed by atoms with E-state index in [-0.39, 0.29) is 11.1 Å². The Bertz CT molecular complexity index is 455. The smallest absolute Gasteiger partial charge is 0.147 e. The van der Waals surface area contributed by atoms with Crippen LogP contribution in [0.2, 0.25) is 0 Å². The molecule has 1 saturated carbocycles. The van der Waals surface area contributed by atoms with Gasteiger partial charge in [0, 0.05) is 30.4 Å². The number of nitrogens with one attached hydrogen (secondary N) is 1. The molecule has 4 nitrogen and oxygen atoms in total. The fourth-order valence-electron chi connectivity index (χ4n) is 3.76. The predicted octanol–water partition coefficient (Wildman–Crippen LogP) is 2.05. The standard InChI is InChI=1S/C16H32N2O2S/c1-5-16(6-2)13-18(10-7-11-21(4,19)20)15(3,12-17-16)14-8-9-14/h14,17H,5-13H2,1-4H3. The first-order valence-corrected chi connectivity index (χ1v) is 10.5. The zero-order valence-electron chi connectivity index (χ0n) is 14.1. The third-order valence-electron chi connectivity index (χ3n) is 5.79. The van der Waals surface area contributed by atoms with Crippen molar-refractivity contribution in [3.05, 3.63) is 0 Å². The van der Waals surface area contributed by atoms with Crippen LogP contribution in [0.4, 0.5) is 0 Å². The molecule has 1 atom stereocenters. The molecular weight excluding hydrogens is 284 g/mol. The largest absolute Gasteiger partial charge is 0.308 e. The van der Waals surface area contributed by atoms with E-state index in [1.807, 2.05) is 0 Å². The van der Waals surface area contributed by atoms with E-state index in [4.69, 9.17) is 0 Å². The van der Waals surface area contributed by atoms with E-state index in [1.165, 1.54) is 19.1 Å². The summed E-state index contributed by atoms with van der Waals surface area (Å²) in [5.41, 5.74) is 0.421. The van der Waals surface area contributed by atoms with E-state index < -0.39 is 9.84 Å². The number of nitrogens with zero attached hydrogens (tertiary/aromatic N) is 1. The Kier molecular flexibility index (Phi) is 5.06. The minimum absolute atomic E-state index is 0.208. The first-order chi connectivity index (χ1) is 9.75. The lowest BCUT2D eigenvalue weighted by Crippen LogP contribution is -2.69. The normalized spacial score (nSPS) is 30.5. The van der Waals surface area contributed by atoms with E-state index in [0.717, 1.165) is 44.8 Å². The lowest BCUT2D eigenvalue weighted by molar-refractivity contribution is -0.00183. The highest BCUT2D eigenvalue weighted by Gasteiger charge is 2.50. The molecule has 0 aromatic heterocycles. The highest BCUT2D eigenvalue weighted by molar-refractivity contribution is 7.90. The summed E-state index contributed by atoms with van der Waals surface area (Å²) in [6.45, 7) is 9.88. The van der Waals surface area contributed by atoms with Gasteiger partial charge < -0.3 is 5.32 Å². The Morgan fingerprint density at radius 3 is 2.33 bits per heavy atom. The van der Waals surface area contributed by atoms with E-state index in [0.29, 0.717) is 5.75 Å². The zero-order chi connectivity index (χ0) is 15.7. The number of sulfone groups is 1. The molecule has 124 valence electrons. The van der Waals surface area contributed by atoms with E-state index in [9.17, 15) is 8.42 Å². The first kappa shape index (κ1) is 17.2. The molecule has 1 heterocycles. The van der Waals surface area contributed by atoms with Gasteiger partial charge >= 0.3 is 0 Å². The van der Waals surface area contributed by atoms with E-state index in [1.54, 1.807) is 0 Å². The molecule has 0 radical (unpaired) electrons. The molecule has 21 heavy (non-hydrogen) atoms. The van der Waals surface area contributed by atoms with Gasteiger partial charge in [0.2, 0.25) is 0 Å². The van der Waals surface area contributed by atoms with Crippen molar-refractivity contribution in [2.24, 2.45) is 5.92 Å². The number of hydrogen-bond donors (Lipinski definition) is 1. The van der Waals surface area contributed by atoms with Gasteiger partial charge in [-0.3, -0.25) is 4.90 Å². The molecule has 5 heteroatoms. The van der Waals surface area contributed by atoms with Gasteiger partial charge in [-0.1, -0.05) is 13.8 Å². The summed E-state index contributed by atoms with van der Waals surface area (Å²) in [6, 6.07) is 0. The van der Waals surface area contributed by atoms with Gasteiger partial charge in [0.05, 0.1) is 5.75 Å². The lowest BCUT2D eigenvalue weighted by atomic mass is 9.82. The monoisotopic (exact) mass is 316 g/mol. The second kappa shape index (κ2) is 6.17. The van der Waals surface area contributed by atoms with Gasteiger partial charge in [0.15, 0.2) is 0 Å². The molecule has 2 aliphatic rings. The maximum atomic E-state index is 11.4. The van der Waals surface area contributed by atoms with Gasteiger partial charge in [-0.25, -0.2) is 8.42 Å². The van der Waals surface area contributed by atoms with E-state index in [2.05, 4.69) is 31.0 Å². The van der Waals surface area contributed by atoms with Crippen LogP contribution in [-0.2, 0) is 9.84 Å². The third kappa shape index (κ3) is 3.99. The van der Waals surface area contributed by atoms with E-state index >= 15 is 0 Å². The fraction of sp³-hybridized carbons (Fsp3) is 1.00. The molecule has 1 aliphatic carbocycles. The molecule has 0 spiro atoms. The second-order valence-electron chi connectivity index (χ2n) is 7.38. The number of hydrogen-bond acceptors (Lipinski definition) is 4. The van der Waals surface area contributed by atoms with Gasteiger partial charge in [-0.05, 0) is 51.5 Å². The van der Waals surface area contributed by atoms with Crippen LogP contribution in [-0.4, -0.2) is 56.0 Å². The Morgan fingerprint density at radius 1 is 1.24 bits per heavy atom. The average Bonchev–Trinajstić information content (AvgIpc) is 3.25. The van der Waals surface area contributed by atoms with Crippen molar-refractivity contribution in [3.63, 3.8) is 0 Å². The SMILES string of the molecule is CCC1(CC)CN(CCCS(C)(=O)=O)C(C)(C2CC2)CN1. The minimum atomic E-state index is -2.85. The van der Waals surface area contributed by atoms with Gasteiger partial charge in [-0.15, -0.1) is 0 Å². The summed E-state index contributed by atoms with van der Waals surface area (Å²) in [5.74, 6) is 1.10. The van der Waals surface area contributed by atoms with Crippen molar-refractivity contribution >= 4 is 9.84 Å². The van der Waals surface area contributed by atoms with Crippen molar-refractivity contribution in [1.82, 2.24) is 10.2 Å². The summed E-state index contributed by atoms with van der Waals surface area (Å²) in [7, 11) is -2.85. The summed E-state index contributed by atoms with van der Waals surface area (Å²) >= 11 is 0. The summed E-state index contributed by atoms with van der Waals surface area (Å²) < 4.78 is 22.8. The molecule has 1 unspecified atom stereocenters. The zero-order valence-corrected chi connectivity index (χ0v) is 14.9. The molecule has 0 aromatic rings. The van der Waals surface area contributed by atoms with Crippen LogP contribution in [0.1, 0.15) is 52.9 Å². The lowest BCUT2D eigenvalue weighted by Gasteiger charge is -2.54. The highest BCUT2D eigenvalue weighted by Crippen LogP contribution is 2.45. The van der Waals surface area contributed by atoms with Crippen LogP contribution in [0.3, 0.4) is 0 Å². The third-order valence-corrected chi connectivity index (χ3v) is 6.82. The maximum Gasteiger partial charge on any atom is 0.147 e. The van der Waals surface area contributed by atoms with Crippen molar-refractivity contribution < 1.29 is 8.42 Å². The molecule has 1 aliphatic heterocycles. The molecule has 2 fully saturated rings. The Morgan fingerprint density at radius 2 is 1.86 bits per heavy atom. The Labute approximate surface area is 130 Å². The quantitative estimate of drug-likeness (QED) is 0.781. The van der Waals surface area contributed by atoms with Gasteiger partial charge in [-0.2, -0.15) is 0 Å². The van der Waals surface area contributed by atoms with Crippen LogP contribution in [0.25, 0.3) is 0 Å². The average molecular weight is 317 g/mol. The van der Waals surface area contributed by atoms with Crippen LogP contribution < -0.4 is 5.32 Å². The highest BCUT2D eigenvalue weighted by atomic mass is 32.2. The van der Waals surface area contributed by atoms with Crippen molar-refractivity contribution in [3.8, 4) is 0 Å². The number of piperazine rings is 1. The molecule has 2 rings (SSSR count). The van der Waals surface area contributed by atoms with Gasteiger partial charge in [0.25, 0.3) is 0 Å². The molecular formula is C16H32N2O2S. The first-order valence-electron chi connectivity index (χ1n) is 8.42. The summed E-state index contributed by atoms with van der Waals surface area (Å²) in [5, 5.41) is 3.82. The van der Waals surface area contributed by atoms with Crippen molar-refractivity contribution in [1.29, 1.82) is 0 Å². The molecule has 1 N–H and O–H groups in total. The Hall–Kier alpha value is -0.130. The maximum absolute atomic E-state index is 11.4. The summed E-state index contributed by atoms with van der Waals surface area (Å²) in [6.07, 6.45) is 7.01. The topological polar surface area (TPSA) is 49.4 Å². The van der Waals surface area contributed by atoms with Crippen LogP contribution in [0.15, 0.2) is 0 Å². The molecule has 0 amide bonds. The van der Waals surface area contributed by atoms with Crippen LogP contribution in [0.5, 0.6) is 0 Å². The van der Waals surface area contributed by atoms with Crippen LogP contribution in [0, 0.1) is 5.92 Å². The minimum Gasteiger partial charge on any atom is -0.308 e. The molecule has 0 aromatic carbocycles. The number of rotatable bonds is 7. The van der Waals surface area contributed by atoms with Crippen molar-refractivity contribution in [2.45, 2.75) is 64.0 Å². The predicted molar refractivity (Wildman–Crippen MR) is 88.3 cm³/mol. The molecule has 0 bridgehead atoms. The van der Waals surface area contributed by atoms with Gasteiger partial charge in [0.1, 0.15) is 9.84 Å². The fourth-order valence-corrected chi connectivity index (χ4v) is 4.42. The Balaban J connectivity index is 2.06.